The van der Waals surface area contributed by atoms with Gasteiger partial charge in [0.15, 0.2) is 0 Å². The molecule has 5 rings (SSSR count). The van der Waals surface area contributed by atoms with Crippen LogP contribution in [0.4, 0.5) is 0 Å². The molecule has 0 radical (unpaired) electrons. The van der Waals surface area contributed by atoms with Gasteiger partial charge in [0, 0.05) is 47.7 Å². The summed E-state index contributed by atoms with van der Waals surface area (Å²) in [7, 11) is 2.04. The largest absolute Gasteiger partial charge is 0.335 e. The minimum Gasteiger partial charge on any atom is -0.335 e. The van der Waals surface area contributed by atoms with Crippen LogP contribution in [-0.4, -0.2) is 47.7 Å². The standard InChI is InChI=1S/C24H29N7/c1-15-5-9-25-17(3)23(15)21-13-20(28-29-21)18-6-11-31(12-7-18)14-22-26-16(2)19-8-10-30(4)24(19)27-22/h5,8-10,13,18H,6-7,11-12,14H2,1-4H3,(H,28,29). The molecule has 0 saturated carbocycles. The number of fused-ring (bicyclic) bond motifs is 1. The molecule has 1 saturated heterocycles. The summed E-state index contributed by atoms with van der Waals surface area (Å²) in [5.74, 6) is 1.42. The van der Waals surface area contributed by atoms with Gasteiger partial charge in [-0.3, -0.25) is 15.0 Å². The van der Waals surface area contributed by atoms with Crippen LogP contribution in [0.1, 0.15) is 47.2 Å². The zero-order valence-corrected chi connectivity index (χ0v) is 18.7. The predicted molar refractivity (Wildman–Crippen MR) is 122 cm³/mol. The summed E-state index contributed by atoms with van der Waals surface area (Å²) in [6, 6.07) is 6.35. The highest BCUT2D eigenvalue weighted by Crippen LogP contribution is 2.31. The summed E-state index contributed by atoms with van der Waals surface area (Å²) in [6.07, 6.45) is 6.13. The van der Waals surface area contributed by atoms with Crippen LogP contribution in [0.2, 0.25) is 0 Å². The molecule has 0 spiro atoms. The number of aromatic amines is 1. The first-order valence-corrected chi connectivity index (χ1v) is 11.0. The van der Waals surface area contributed by atoms with Gasteiger partial charge in [-0.15, -0.1) is 0 Å². The third-order valence-corrected chi connectivity index (χ3v) is 6.56. The van der Waals surface area contributed by atoms with E-state index in [1.807, 2.05) is 26.2 Å². The lowest BCUT2D eigenvalue weighted by Gasteiger charge is -2.30. The van der Waals surface area contributed by atoms with Crippen LogP contribution < -0.4 is 0 Å². The Kier molecular flexibility index (Phi) is 5.06. The number of hydrogen-bond acceptors (Lipinski definition) is 5. The molecule has 31 heavy (non-hydrogen) atoms. The summed E-state index contributed by atoms with van der Waals surface area (Å²) >= 11 is 0. The number of nitrogens with zero attached hydrogens (tertiary/aromatic N) is 6. The van der Waals surface area contributed by atoms with Crippen molar-refractivity contribution in [1.29, 1.82) is 0 Å². The van der Waals surface area contributed by atoms with Crippen molar-refractivity contribution < 1.29 is 0 Å². The fraction of sp³-hybridized carbons (Fsp3) is 0.417. The van der Waals surface area contributed by atoms with Crippen LogP contribution >= 0.6 is 0 Å². The zero-order chi connectivity index (χ0) is 21.5. The van der Waals surface area contributed by atoms with Crippen molar-refractivity contribution in [2.24, 2.45) is 7.05 Å². The highest BCUT2D eigenvalue weighted by molar-refractivity contribution is 5.78. The van der Waals surface area contributed by atoms with Gasteiger partial charge < -0.3 is 4.57 Å². The van der Waals surface area contributed by atoms with Crippen molar-refractivity contribution in [2.75, 3.05) is 13.1 Å². The summed E-state index contributed by atoms with van der Waals surface area (Å²) in [4.78, 5) is 16.5. The molecule has 1 aliphatic heterocycles. The van der Waals surface area contributed by atoms with E-state index in [1.54, 1.807) is 0 Å². The van der Waals surface area contributed by atoms with Gasteiger partial charge in [-0.25, -0.2) is 9.97 Å². The highest BCUT2D eigenvalue weighted by atomic mass is 15.2. The smallest absolute Gasteiger partial charge is 0.145 e. The van der Waals surface area contributed by atoms with E-state index in [0.29, 0.717) is 5.92 Å². The summed E-state index contributed by atoms with van der Waals surface area (Å²) in [6.45, 7) is 9.12. The van der Waals surface area contributed by atoms with Crippen molar-refractivity contribution >= 4 is 11.0 Å². The maximum atomic E-state index is 4.81. The molecule has 0 aromatic carbocycles. The first kappa shape index (κ1) is 19.9. The molecule has 7 heteroatoms. The first-order valence-electron chi connectivity index (χ1n) is 11.0. The molecule has 1 fully saturated rings. The van der Waals surface area contributed by atoms with Crippen LogP contribution in [0.5, 0.6) is 0 Å². The number of likely N-dealkylation sites (tertiary alicyclic amines) is 1. The maximum Gasteiger partial charge on any atom is 0.145 e. The lowest BCUT2D eigenvalue weighted by molar-refractivity contribution is 0.199. The first-order chi connectivity index (χ1) is 15.0. The van der Waals surface area contributed by atoms with Gasteiger partial charge in [-0.05, 0) is 70.5 Å². The molecule has 7 nitrogen and oxygen atoms in total. The second-order valence-electron chi connectivity index (χ2n) is 8.74. The van der Waals surface area contributed by atoms with E-state index in [0.717, 1.165) is 72.0 Å². The quantitative estimate of drug-likeness (QED) is 0.544. The van der Waals surface area contributed by atoms with Crippen molar-refractivity contribution in [3.8, 4) is 11.3 Å². The Labute approximate surface area is 182 Å². The summed E-state index contributed by atoms with van der Waals surface area (Å²) in [5.41, 5.74) is 7.69. The van der Waals surface area contributed by atoms with Gasteiger partial charge in [-0.2, -0.15) is 5.10 Å². The Bertz CT molecular complexity index is 1210. The Hall–Kier alpha value is -3.06. The van der Waals surface area contributed by atoms with Crippen molar-refractivity contribution in [2.45, 2.75) is 46.1 Å². The van der Waals surface area contributed by atoms with Gasteiger partial charge in [0.05, 0.1) is 17.9 Å². The fourth-order valence-corrected chi connectivity index (χ4v) is 4.77. The number of rotatable bonds is 4. The van der Waals surface area contributed by atoms with Crippen LogP contribution in [-0.2, 0) is 13.6 Å². The average molecular weight is 416 g/mol. The lowest BCUT2D eigenvalue weighted by atomic mass is 9.93. The molecule has 4 aromatic rings. The number of H-pyrrole nitrogens is 1. The molecule has 0 amide bonds. The Morgan fingerprint density at radius 3 is 2.65 bits per heavy atom. The van der Waals surface area contributed by atoms with Crippen LogP contribution in [0.3, 0.4) is 0 Å². The number of nitrogens with one attached hydrogen (secondary N) is 1. The molecule has 1 N–H and O–H groups in total. The molecule has 0 bridgehead atoms. The minimum atomic E-state index is 0.507. The minimum absolute atomic E-state index is 0.507. The van der Waals surface area contributed by atoms with Gasteiger partial charge in [-0.1, -0.05) is 0 Å². The molecular weight excluding hydrogens is 386 g/mol. The second-order valence-corrected chi connectivity index (χ2v) is 8.74. The number of piperidine rings is 1. The monoisotopic (exact) mass is 415 g/mol. The van der Waals surface area contributed by atoms with Gasteiger partial charge in [0.25, 0.3) is 0 Å². The lowest BCUT2D eigenvalue weighted by Crippen LogP contribution is -2.33. The van der Waals surface area contributed by atoms with E-state index >= 15 is 0 Å². The van der Waals surface area contributed by atoms with E-state index in [-0.39, 0.29) is 0 Å². The van der Waals surface area contributed by atoms with E-state index < -0.39 is 0 Å². The third kappa shape index (κ3) is 3.74. The fourth-order valence-electron chi connectivity index (χ4n) is 4.77. The molecular formula is C24H29N7. The van der Waals surface area contributed by atoms with Crippen LogP contribution in [0, 0.1) is 20.8 Å². The molecule has 1 aliphatic rings. The third-order valence-electron chi connectivity index (χ3n) is 6.56. The van der Waals surface area contributed by atoms with Crippen LogP contribution in [0.25, 0.3) is 22.3 Å². The Balaban J connectivity index is 1.26. The summed E-state index contributed by atoms with van der Waals surface area (Å²) < 4.78 is 2.07. The Morgan fingerprint density at radius 1 is 1.06 bits per heavy atom. The van der Waals surface area contributed by atoms with Gasteiger partial charge in [0.2, 0.25) is 0 Å². The number of aromatic nitrogens is 6. The molecule has 5 heterocycles. The highest BCUT2D eigenvalue weighted by Gasteiger charge is 2.24. The normalized spacial score (nSPS) is 15.7. The Morgan fingerprint density at radius 2 is 1.87 bits per heavy atom. The SMILES string of the molecule is Cc1ccnc(C)c1-c1cc(C2CCN(Cc3nc(C)c4ccn(C)c4n3)CC2)[nH]n1. The molecule has 0 aliphatic carbocycles. The molecule has 4 aromatic heterocycles. The summed E-state index contributed by atoms with van der Waals surface area (Å²) in [5, 5.41) is 9.05. The number of pyridine rings is 1. The van der Waals surface area contributed by atoms with E-state index in [1.165, 1.54) is 11.3 Å². The number of hydrogen-bond donors (Lipinski definition) is 1. The van der Waals surface area contributed by atoms with E-state index in [4.69, 9.17) is 9.97 Å². The second kappa shape index (κ2) is 7.89. The van der Waals surface area contributed by atoms with Crippen molar-refractivity contribution in [3.63, 3.8) is 0 Å². The van der Waals surface area contributed by atoms with Gasteiger partial charge in [0.1, 0.15) is 11.5 Å². The van der Waals surface area contributed by atoms with E-state index in [9.17, 15) is 0 Å². The van der Waals surface area contributed by atoms with E-state index in [2.05, 4.69) is 56.8 Å². The average Bonchev–Trinajstić information content (AvgIpc) is 3.37. The van der Waals surface area contributed by atoms with Crippen molar-refractivity contribution in [1.82, 2.24) is 34.6 Å². The van der Waals surface area contributed by atoms with Crippen molar-refractivity contribution in [3.05, 3.63) is 59.1 Å². The molecule has 0 unspecified atom stereocenters. The van der Waals surface area contributed by atoms with Gasteiger partial charge >= 0.3 is 0 Å². The maximum absolute atomic E-state index is 4.81. The number of aryl methyl sites for hydroxylation is 4. The topological polar surface area (TPSA) is 75.5 Å². The zero-order valence-electron chi connectivity index (χ0n) is 18.7. The van der Waals surface area contributed by atoms with Crippen LogP contribution in [0.15, 0.2) is 30.6 Å². The molecule has 0 atom stereocenters. The molecule has 160 valence electrons. The predicted octanol–water partition coefficient (Wildman–Crippen LogP) is 4.06.